The van der Waals surface area contributed by atoms with Gasteiger partial charge in [0, 0.05) is 32.2 Å². The number of imidazole rings is 1. The minimum atomic E-state index is -2.78. The van der Waals surface area contributed by atoms with Gasteiger partial charge in [0.05, 0.1) is 52.9 Å². The predicted molar refractivity (Wildman–Crippen MR) is 143 cm³/mol. The Labute approximate surface area is 224 Å². The van der Waals surface area contributed by atoms with E-state index in [4.69, 9.17) is 0 Å². The van der Waals surface area contributed by atoms with Crippen LogP contribution < -0.4 is 15.5 Å². The number of aromatic nitrogens is 4. The lowest BCUT2D eigenvalue weighted by atomic mass is 10.1. The van der Waals surface area contributed by atoms with E-state index in [2.05, 4.69) is 31.8 Å². The molecule has 3 fully saturated rings. The lowest BCUT2D eigenvalue weighted by molar-refractivity contribution is 0.0792. The fourth-order valence-electron chi connectivity index (χ4n) is 5.12. The van der Waals surface area contributed by atoms with Crippen molar-refractivity contribution in [1.29, 1.82) is 10.5 Å². The molecule has 0 spiro atoms. The maximum atomic E-state index is 15.9. The van der Waals surface area contributed by atoms with Crippen molar-refractivity contribution in [3.63, 3.8) is 0 Å². The van der Waals surface area contributed by atoms with E-state index in [-0.39, 0.29) is 52.2 Å². The molecular weight excluding hydrogens is 527 g/mol. The second-order valence-electron chi connectivity index (χ2n) is 10.1. The fraction of sp³-hybridized carbons (Fsp3) is 0.458. The third-order valence-corrected chi connectivity index (χ3v) is 9.02. The maximum absolute atomic E-state index is 15.9. The number of hydrogen-bond donors (Lipinski definition) is 5. The van der Waals surface area contributed by atoms with Crippen LogP contribution in [0, 0.1) is 28.5 Å². The number of hydrogen-bond acceptors (Lipinski definition) is 12. The Bertz CT molecular complexity index is 1510. The number of aliphatic hydroxyl groups is 1. The zero-order chi connectivity index (χ0) is 27.3. The van der Waals surface area contributed by atoms with Crippen LogP contribution in [0.15, 0.2) is 18.3 Å². The lowest BCUT2D eigenvalue weighted by Crippen LogP contribution is -2.53. The third-order valence-electron chi connectivity index (χ3n) is 7.27. The van der Waals surface area contributed by atoms with Crippen LogP contribution in [0.3, 0.4) is 0 Å². The SMILES string of the molecule is N#Cc1cc(Nc2nc(NC3CC3)c3ncc(C#N)n3n2)c(F)c(N2CCN([C@H]3CS(O)(O)C[C@@H]3O)CC2)c1. The van der Waals surface area contributed by atoms with E-state index in [1.807, 2.05) is 15.9 Å². The molecule has 0 radical (unpaired) electrons. The van der Waals surface area contributed by atoms with Gasteiger partial charge in [-0.05, 0) is 25.0 Å². The third kappa shape index (κ3) is 5.03. The van der Waals surface area contributed by atoms with Crippen LogP contribution in [0.1, 0.15) is 24.1 Å². The number of rotatable bonds is 6. The van der Waals surface area contributed by atoms with Crippen molar-refractivity contribution in [2.24, 2.45) is 0 Å². The van der Waals surface area contributed by atoms with Crippen LogP contribution in [-0.2, 0) is 0 Å². The molecule has 2 saturated heterocycles. The average Bonchev–Trinajstić information content (AvgIpc) is 3.56. The summed E-state index contributed by atoms with van der Waals surface area (Å²) < 4.78 is 37.2. The van der Waals surface area contributed by atoms with Crippen molar-refractivity contribution in [2.75, 3.05) is 53.2 Å². The van der Waals surface area contributed by atoms with Crippen molar-refractivity contribution in [2.45, 2.75) is 31.0 Å². The molecule has 1 aliphatic carbocycles. The number of fused-ring (bicyclic) bond motifs is 1. The molecule has 1 aromatic carbocycles. The molecule has 15 heteroatoms. The van der Waals surface area contributed by atoms with Gasteiger partial charge in [0.25, 0.3) is 0 Å². The van der Waals surface area contributed by atoms with Crippen molar-refractivity contribution in [1.82, 2.24) is 24.5 Å². The molecule has 3 aromatic rings. The zero-order valence-corrected chi connectivity index (χ0v) is 21.6. The van der Waals surface area contributed by atoms with E-state index in [9.17, 15) is 24.7 Å². The van der Waals surface area contributed by atoms with Gasteiger partial charge in [-0.1, -0.05) is 0 Å². The van der Waals surface area contributed by atoms with Gasteiger partial charge in [-0.25, -0.2) is 9.37 Å². The molecule has 204 valence electrons. The molecule has 2 aromatic heterocycles. The van der Waals surface area contributed by atoms with Crippen LogP contribution >= 0.6 is 10.6 Å². The van der Waals surface area contributed by atoms with E-state index < -0.39 is 22.5 Å². The normalized spacial score (nSPS) is 23.8. The molecule has 0 amide bonds. The second-order valence-corrected chi connectivity index (χ2v) is 12.4. The lowest BCUT2D eigenvalue weighted by Gasteiger charge is -2.40. The van der Waals surface area contributed by atoms with Gasteiger partial charge in [-0.2, -0.15) is 30.6 Å². The van der Waals surface area contributed by atoms with Gasteiger partial charge >= 0.3 is 0 Å². The summed E-state index contributed by atoms with van der Waals surface area (Å²) >= 11 is 0. The first kappa shape index (κ1) is 25.5. The Morgan fingerprint density at radius 1 is 1.08 bits per heavy atom. The van der Waals surface area contributed by atoms with E-state index in [1.165, 1.54) is 22.8 Å². The number of benzene rings is 1. The Morgan fingerprint density at radius 2 is 1.85 bits per heavy atom. The molecule has 13 nitrogen and oxygen atoms in total. The molecule has 2 atom stereocenters. The number of halogens is 1. The summed E-state index contributed by atoms with van der Waals surface area (Å²) in [7, 11) is -2.78. The average molecular weight is 555 g/mol. The minimum Gasteiger partial charge on any atom is -0.390 e. The van der Waals surface area contributed by atoms with Gasteiger partial charge in [-0.15, -0.1) is 5.10 Å². The number of nitrogens with zero attached hydrogens (tertiary/aromatic N) is 8. The Hall–Kier alpha value is -3.73. The summed E-state index contributed by atoms with van der Waals surface area (Å²) in [4.78, 5) is 12.5. The van der Waals surface area contributed by atoms with Crippen LogP contribution in [0.25, 0.3) is 5.65 Å². The van der Waals surface area contributed by atoms with Gasteiger partial charge < -0.3 is 20.6 Å². The van der Waals surface area contributed by atoms with Crippen molar-refractivity contribution in [3.05, 3.63) is 35.4 Å². The standard InChI is InChI=1S/C24H27FN10O3S/c25-21-17(30-24-31-22(29-15-1-2-15)23-28-11-16(10-27)35(23)32-24)7-14(9-26)8-18(21)33-3-5-34(6-4-33)19-12-39(37,38)13-20(19)36/h7-8,11,15,19-20,36-38H,1-6,12-13H2,(H2,29,30,31,32)/t19-,20-/m0/s1. The Balaban J connectivity index is 1.26. The van der Waals surface area contributed by atoms with Crippen LogP contribution in [0.4, 0.5) is 27.5 Å². The van der Waals surface area contributed by atoms with Crippen LogP contribution in [0.5, 0.6) is 0 Å². The van der Waals surface area contributed by atoms with E-state index >= 15 is 4.39 Å². The summed E-state index contributed by atoms with van der Waals surface area (Å²) in [5.41, 5.74) is 1.09. The number of piperazine rings is 1. The highest BCUT2D eigenvalue weighted by Crippen LogP contribution is 2.47. The zero-order valence-electron chi connectivity index (χ0n) is 20.8. The summed E-state index contributed by atoms with van der Waals surface area (Å²) in [6.45, 7) is 1.83. The first-order chi connectivity index (χ1) is 18.7. The Morgan fingerprint density at radius 3 is 2.49 bits per heavy atom. The number of nitriles is 2. The van der Waals surface area contributed by atoms with E-state index in [0.717, 1.165) is 12.8 Å². The monoisotopic (exact) mass is 554 g/mol. The van der Waals surface area contributed by atoms with Crippen LogP contribution in [0.2, 0.25) is 0 Å². The minimum absolute atomic E-state index is 0.0157. The van der Waals surface area contributed by atoms with E-state index in [1.54, 1.807) is 0 Å². The molecule has 5 N–H and O–H groups in total. The van der Waals surface area contributed by atoms with Gasteiger partial charge in [0.15, 0.2) is 23.0 Å². The largest absolute Gasteiger partial charge is 0.390 e. The highest BCUT2D eigenvalue weighted by molar-refractivity contribution is 8.24. The predicted octanol–water partition coefficient (Wildman–Crippen LogP) is 1.94. The Kier molecular flexibility index (Phi) is 6.41. The molecular formula is C24H27FN10O3S. The molecule has 4 heterocycles. The quantitative estimate of drug-likeness (QED) is 0.299. The fourth-order valence-corrected chi connectivity index (χ4v) is 7.01. The summed E-state index contributed by atoms with van der Waals surface area (Å²) in [5, 5.41) is 39.9. The highest BCUT2D eigenvalue weighted by Gasteiger charge is 2.41. The summed E-state index contributed by atoms with van der Waals surface area (Å²) in [6.07, 6.45) is 2.56. The molecule has 1 saturated carbocycles. The topological polar surface area (TPSA) is 182 Å². The maximum Gasteiger partial charge on any atom is 0.247 e. The number of nitrogens with one attached hydrogen (secondary N) is 2. The summed E-state index contributed by atoms with van der Waals surface area (Å²) in [5.74, 6) is -0.00198. The molecule has 0 bridgehead atoms. The molecule has 6 rings (SSSR count). The summed E-state index contributed by atoms with van der Waals surface area (Å²) in [6, 6.07) is 6.89. The molecule has 2 aliphatic heterocycles. The first-order valence-electron chi connectivity index (χ1n) is 12.6. The van der Waals surface area contributed by atoms with Gasteiger partial charge in [0.1, 0.15) is 6.07 Å². The second kappa shape index (κ2) is 9.78. The number of aliphatic hydroxyl groups excluding tert-OH is 1. The number of anilines is 4. The molecule has 39 heavy (non-hydrogen) atoms. The van der Waals surface area contributed by atoms with E-state index in [0.29, 0.717) is 37.6 Å². The van der Waals surface area contributed by atoms with Crippen molar-refractivity contribution >= 4 is 39.4 Å². The van der Waals surface area contributed by atoms with Crippen LogP contribution in [-0.4, -0.2) is 94.6 Å². The molecule has 3 aliphatic rings. The van der Waals surface area contributed by atoms with Gasteiger partial charge in [0.2, 0.25) is 5.95 Å². The van der Waals surface area contributed by atoms with Gasteiger partial charge in [-0.3, -0.25) is 14.0 Å². The first-order valence-corrected chi connectivity index (χ1v) is 14.5. The van der Waals surface area contributed by atoms with Crippen molar-refractivity contribution in [3.8, 4) is 12.1 Å². The molecule has 0 unspecified atom stereocenters. The highest BCUT2D eigenvalue weighted by atomic mass is 32.3. The van der Waals surface area contributed by atoms with Crippen molar-refractivity contribution < 1.29 is 18.6 Å². The smallest absolute Gasteiger partial charge is 0.247 e.